The maximum Gasteiger partial charge on any atom is 0.227 e. The van der Waals surface area contributed by atoms with Crippen LogP contribution in [0.3, 0.4) is 0 Å². The molecule has 0 unspecified atom stereocenters. The summed E-state index contributed by atoms with van der Waals surface area (Å²) in [5, 5.41) is 10.00. The van der Waals surface area contributed by atoms with E-state index in [4.69, 9.17) is 4.74 Å². The SMILES string of the molecule is N#Cc1ncncc1-c1c[nH]c2ncnc(OCc3ccccc3)c12. The van der Waals surface area contributed by atoms with Gasteiger partial charge in [-0.2, -0.15) is 5.26 Å². The highest BCUT2D eigenvalue weighted by molar-refractivity contribution is 5.97. The molecule has 0 saturated carbocycles. The summed E-state index contributed by atoms with van der Waals surface area (Å²) in [6.07, 6.45) is 6.15. The summed E-state index contributed by atoms with van der Waals surface area (Å²) in [6.45, 7) is 0.383. The monoisotopic (exact) mass is 328 g/mol. The molecule has 25 heavy (non-hydrogen) atoms. The predicted octanol–water partition coefficient (Wildman–Crippen LogP) is 2.87. The first kappa shape index (κ1) is 14.8. The second-order valence-electron chi connectivity index (χ2n) is 5.28. The van der Waals surface area contributed by atoms with E-state index < -0.39 is 0 Å². The lowest BCUT2D eigenvalue weighted by atomic mass is 10.1. The number of hydrogen-bond donors (Lipinski definition) is 1. The zero-order valence-corrected chi connectivity index (χ0v) is 13.0. The van der Waals surface area contributed by atoms with Crippen LogP contribution >= 0.6 is 0 Å². The summed E-state index contributed by atoms with van der Waals surface area (Å²) >= 11 is 0. The number of fused-ring (bicyclic) bond motifs is 1. The molecule has 0 atom stereocenters. The Balaban J connectivity index is 1.78. The lowest BCUT2D eigenvalue weighted by Gasteiger charge is -2.08. The molecule has 0 aliphatic carbocycles. The zero-order valence-electron chi connectivity index (χ0n) is 13.0. The van der Waals surface area contributed by atoms with Crippen LogP contribution in [0.2, 0.25) is 0 Å². The minimum Gasteiger partial charge on any atom is -0.472 e. The van der Waals surface area contributed by atoms with Crippen molar-refractivity contribution in [3.63, 3.8) is 0 Å². The molecule has 3 heterocycles. The molecular formula is C18H12N6O. The predicted molar refractivity (Wildman–Crippen MR) is 90.4 cm³/mol. The van der Waals surface area contributed by atoms with Gasteiger partial charge in [-0.05, 0) is 5.56 Å². The number of aromatic amines is 1. The first-order valence-corrected chi connectivity index (χ1v) is 7.56. The van der Waals surface area contributed by atoms with E-state index in [9.17, 15) is 5.26 Å². The average molecular weight is 328 g/mol. The number of nitrogens with zero attached hydrogens (tertiary/aromatic N) is 5. The topological polar surface area (TPSA) is 100 Å². The summed E-state index contributed by atoms with van der Waals surface area (Å²) in [4.78, 5) is 19.6. The van der Waals surface area contributed by atoms with Gasteiger partial charge >= 0.3 is 0 Å². The van der Waals surface area contributed by atoms with Crippen molar-refractivity contribution in [3.8, 4) is 23.1 Å². The van der Waals surface area contributed by atoms with Gasteiger partial charge in [-0.3, -0.25) is 0 Å². The molecule has 0 amide bonds. The third-order valence-electron chi connectivity index (χ3n) is 3.76. The molecule has 0 saturated heterocycles. The van der Waals surface area contributed by atoms with Crippen LogP contribution in [-0.4, -0.2) is 24.9 Å². The van der Waals surface area contributed by atoms with Gasteiger partial charge in [0.25, 0.3) is 0 Å². The standard InChI is InChI=1S/C18H12N6O/c19-6-15-13(7-20-10-22-15)14-8-21-17-16(14)18(24-11-23-17)25-9-12-4-2-1-3-5-12/h1-5,7-8,10-11H,9H2,(H,21,23,24). The minimum absolute atomic E-state index is 0.286. The van der Waals surface area contributed by atoms with Gasteiger partial charge in [0.05, 0.1) is 5.39 Å². The minimum atomic E-state index is 0.286. The maximum atomic E-state index is 9.30. The van der Waals surface area contributed by atoms with E-state index in [1.165, 1.54) is 12.7 Å². The first-order valence-electron chi connectivity index (χ1n) is 7.56. The van der Waals surface area contributed by atoms with E-state index in [2.05, 4.69) is 31.0 Å². The second-order valence-corrected chi connectivity index (χ2v) is 5.28. The fourth-order valence-electron chi connectivity index (χ4n) is 2.60. The first-order chi connectivity index (χ1) is 12.4. The summed E-state index contributed by atoms with van der Waals surface area (Å²) in [7, 11) is 0. The molecule has 4 aromatic rings. The Kier molecular flexibility index (Phi) is 3.77. The highest BCUT2D eigenvalue weighted by Crippen LogP contribution is 2.34. The fraction of sp³-hybridized carbons (Fsp3) is 0.0556. The van der Waals surface area contributed by atoms with Crippen LogP contribution in [0.1, 0.15) is 11.3 Å². The van der Waals surface area contributed by atoms with Crippen molar-refractivity contribution in [3.05, 3.63) is 66.6 Å². The van der Waals surface area contributed by atoms with E-state index in [0.717, 1.165) is 11.1 Å². The quantitative estimate of drug-likeness (QED) is 0.618. The molecule has 0 bridgehead atoms. The number of benzene rings is 1. The lowest BCUT2D eigenvalue weighted by molar-refractivity contribution is 0.297. The van der Waals surface area contributed by atoms with Gasteiger partial charge < -0.3 is 9.72 Å². The van der Waals surface area contributed by atoms with Crippen molar-refractivity contribution in [1.82, 2.24) is 24.9 Å². The number of nitriles is 1. The number of nitrogens with one attached hydrogen (secondary N) is 1. The third-order valence-corrected chi connectivity index (χ3v) is 3.76. The van der Waals surface area contributed by atoms with Gasteiger partial charge in [-0.1, -0.05) is 30.3 Å². The average Bonchev–Trinajstić information content (AvgIpc) is 3.12. The normalized spacial score (nSPS) is 10.5. The Morgan fingerprint density at radius 1 is 1.04 bits per heavy atom. The van der Waals surface area contributed by atoms with Gasteiger partial charge in [-0.15, -0.1) is 0 Å². The van der Waals surface area contributed by atoms with Crippen LogP contribution in [0.5, 0.6) is 5.88 Å². The highest BCUT2D eigenvalue weighted by Gasteiger charge is 2.17. The van der Waals surface area contributed by atoms with E-state index in [0.29, 0.717) is 29.1 Å². The van der Waals surface area contributed by atoms with Gasteiger partial charge in [0.1, 0.15) is 31.0 Å². The molecule has 0 aliphatic heterocycles. The van der Waals surface area contributed by atoms with Crippen LogP contribution in [0, 0.1) is 11.3 Å². The van der Waals surface area contributed by atoms with Crippen LogP contribution in [0.4, 0.5) is 0 Å². The molecular weight excluding hydrogens is 316 g/mol. The molecule has 7 nitrogen and oxygen atoms in total. The summed E-state index contributed by atoms with van der Waals surface area (Å²) in [6, 6.07) is 11.9. The summed E-state index contributed by atoms with van der Waals surface area (Å²) in [5.74, 6) is 0.442. The molecule has 0 aliphatic rings. The highest BCUT2D eigenvalue weighted by atomic mass is 16.5. The number of ether oxygens (including phenoxy) is 1. The summed E-state index contributed by atoms with van der Waals surface area (Å²) in [5.41, 5.74) is 3.29. The van der Waals surface area contributed by atoms with Crippen molar-refractivity contribution < 1.29 is 4.74 Å². The van der Waals surface area contributed by atoms with Gasteiger partial charge in [0.2, 0.25) is 5.88 Å². The van der Waals surface area contributed by atoms with Crippen molar-refractivity contribution in [2.24, 2.45) is 0 Å². The number of aromatic nitrogens is 5. The van der Waals surface area contributed by atoms with Crippen LogP contribution < -0.4 is 4.74 Å². The molecule has 0 radical (unpaired) electrons. The summed E-state index contributed by atoms with van der Waals surface area (Å²) < 4.78 is 5.90. The fourth-order valence-corrected chi connectivity index (χ4v) is 2.60. The molecule has 1 aromatic carbocycles. The van der Waals surface area contributed by atoms with Gasteiger partial charge in [-0.25, -0.2) is 19.9 Å². The van der Waals surface area contributed by atoms with Crippen molar-refractivity contribution in [2.75, 3.05) is 0 Å². The Morgan fingerprint density at radius 2 is 1.92 bits per heavy atom. The molecule has 4 rings (SSSR count). The molecule has 3 aromatic heterocycles. The number of rotatable bonds is 4. The van der Waals surface area contributed by atoms with Gasteiger partial charge in [0, 0.05) is 23.5 Å². The van der Waals surface area contributed by atoms with Crippen molar-refractivity contribution in [2.45, 2.75) is 6.61 Å². The van der Waals surface area contributed by atoms with Crippen molar-refractivity contribution in [1.29, 1.82) is 5.26 Å². The molecule has 0 spiro atoms. The molecule has 0 fully saturated rings. The molecule has 7 heteroatoms. The van der Waals surface area contributed by atoms with E-state index in [1.54, 1.807) is 12.4 Å². The van der Waals surface area contributed by atoms with E-state index in [-0.39, 0.29) is 5.69 Å². The molecule has 1 N–H and O–H groups in total. The smallest absolute Gasteiger partial charge is 0.227 e. The van der Waals surface area contributed by atoms with Gasteiger partial charge in [0.15, 0.2) is 5.69 Å². The van der Waals surface area contributed by atoms with Crippen LogP contribution in [0.15, 0.2) is 55.4 Å². The number of H-pyrrole nitrogens is 1. The van der Waals surface area contributed by atoms with Crippen LogP contribution in [-0.2, 0) is 6.61 Å². The maximum absolute atomic E-state index is 9.30. The second kappa shape index (κ2) is 6.37. The zero-order chi connectivity index (χ0) is 17.1. The lowest BCUT2D eigenvalue weighted by Crippen LogP contribution is -1.99. The molecule has 120 valence electrons. The Morgan fingerprint density at radius 3 is 2.76 bits per heavy atom. The Bertz CT molecular complexity index is 1070. The Labute approximate surface area is 143 Å². The van der Waals surface area contributed by atoms with Crippen molar-refractivity contribution >= 4 is 11.0 Å². The third kappa shape index (κ3) is 2.77. The Hall–Kier alpha value is -3.79. The van der Waals surface area contributed by atoms with Crippen LogP contribution in [0.25, 0.3) is 22.2 Å². The van der Waals surface area contributed by atoms with E-state index in [1.807, 2.05) is 30.3 Å². The van der Waals surface area contributed by atoms with E-state index >= 15 is 0 Å². The number of hydrogen-bond acceptors (Lipinski definition) is 6. The largest absolute Gasteiger partial charge is 0.472 e.